The van der Waals surface area contributed by atoms with E-state index in [-0.39, 0.29) is 11.1 Å². The quantitative estimate of drug-likeness (QED) is 0.409. The standard InChI is InChI=1S/C32H44N4O6S/c1-22-10-8-13-25(23-11-6-5-7-12-23)28(22)41-32(18-19-32)29(37)35-43(39,40)27-15-9-14-26(34-27)36-20-16-24(17-21-36)33-30(38)42-31(2,3)4/h8-10,13-15,23-24H,5-7,11-12,16-21H2,1-4H3,(H,33,38)(H,35,37). The third kappa shape index (κ3) is 7.60. The van der Waals surface area contributed by atoms with Crippen LogP contribution in [0.25, 0.3) is 0 Å². The van der Waals surface area contributed by atoms with E-state index in [1.54, 1.807) is 12.1 Å². The molecule has 3 fully saturated rings. The lowest BCUT2D eigenvalue weighted by molar-refractivity contribution is -0.128. The number of nitrogens with zero attached hydrogens (tertiary/aromatic N) is 2. The summed E-state index contributed by atoms with van der Waals surface area (Å²) in [6.07, 6.45) is 7.55. The molecule has 2 heterocycles. The minimum absolute atomic E-state index is 0.0427. The van der Waals surface area contributed by atoms with E-state index in [0.29, 0.717) is 56.3 Å². The van der Waals surface area contributed by atoms with Crippen LogP contribution in [0, 0.1) is 6.92 Å². The highest BCUT2D eigenvalue weighted by Crippen LogP contribution is 2.46. The van der Waals surface area contributed by atoms with E-state index in [4.69, 9.17) is 9.47 Å². The summed E-state index contributed by atoms with van der Waals surface area (Å²) in [7, 11) is -4.23. The summed E-state index contributed by atoms with van der Waals surface area (Å²) < 4.78 is 40.7. The number of anilines is 1. The first-order valence-corrected chi connectivity index (χ1v) is 16.9. The molecule has 2 aliphatic carbocycles. The number of piperidine rings is 1. The number of benzene rings is 1. The third-order valence-corrected chi connectivity index (χ3v) is 9.69. The maximum atomic E-state index is 13.4. The van der Waals surface area contributed by atoms with Crippen molar-refractivity contribution >= 4 is 27.8 Å². The van der Waals surface area contributed by atoms with E-state index in [1.807, 2.05) is 44.7 Å². The number of rotatable bonds is 8. The molecule has 0 bridgehead atoms. The van der Waals surface area contributed by atoms with E-state index in [0.717, 1.165) is 24.0 Å². The van der Waals surface area contributed by atoms with E-state index in [2.05, 4.69) is 21.1 Å². The van der Waals surface area contributed by atoms with Crippen LogP contribution in [-0.4, -0.2) is 55.7 Å². The van der Waals surface area contributed by atoms with Crippen LogP contribution in [0.2, 0.25) is 0 Å². The predicted octanol–water partition coefficient (Wildman–Crippen LogP) is 5.35. The van der Waals surface area contributed by atoms with Gasteiger partial charge in [0.2, 0.25) is 0 Å². The fraction of sp³-hybridized carbons (Fsp3) is 0.594. The molecule has 1 aromatic carbocycles. The molecule has 43 heavy (non-hydrogen) atoms. The number of para-hydroxylation sites is 1. The number of hydrogen-bond acceptors (Lipinski definition) is 8. The van der Waals surface area contributed by atoms with E-state index in [1.165, 1.54) is 25.3 Å². The number of hydrogen-bond donors (Lipinski definition) is 2. The van der Waals surface area contributed by atoms with E-state index in [9.17, 15) is 18.0 Å². The van der Waals surface area contributed by atoms with Crippen LogP contribution in [0.4, 0.5) is 10.6 Å². The number of aryl methyl sites for hydroxylation is 1. The van der Waals surface area contributed by atoms with E-state index < -0.39 is 33.2 Å². The fourth-order valence-electron chi connectivity index (χ4n) is 5.96. The summed E-state index contributed by atoms with van der Waals surface area (Å²) in [5.74, 6) is 0.938. The highest BCUT2D eigenvalue weighted by atomic mass is 32.2. The van der Waals surface area contributed by atoms with Gasteiger partial charge in [-0.05, 0) is 82.6 Å². The van der Waals surface area contributed by atoms with Gasteiger partial charge in [0.25, 0.3) is 15.9 Å². The number of sulfonamides is 1. The van der Waals surface area contributed by atoms with Gasteiger partial charge in [-0.25, -0.2) is 14.5 Å². The second-order valence-electron chi connectivity index (χ2n) is 13.1. The molecule has 0 atom stereocenters. The average molecular weight is 613 g/mol. The Labute approximate surface area is 255 Å². The number of alkyl carbamates (subject to hydrolysis) is 1. The van der Waals surface area contributed by atoms with Crippen LogP contribution in [-0.2, 0) is 19.6 Å². The van der Waals surface area contributed by atoms with Gasteiger partial charge in [0.15, 0.2) is 10.6 Å². The van der Waals surface area contributed by atoms with Crippen molar-refractivity contribution in [1.29, 1.82) is 0 Å². The number of carbonyl (C=O) groups is 2. The first-order valence-electron chi connectivity index (χ1n) is 15.4. The lowest BCUT2D eigenvalue weighted by atomic mass is 9.83. The van der Waals surface area contributed by atoms with Crippen LogP contribution in [0.1, 0.15) is 95.6 Å². The van der Waals surface area contributed by atoms with Gasteiger partial charge in [0.05, 0.1) is 0 Å². The Morgan fingerprint density at radius 3 is 2.30 bits per heavy atom. The molecular weight excluding hydrogens is 568 g/mol. The zero-order valence-electron chi connectivity index (χ0n) is 25.6. The number of carbonyl (C=O) groups excluding carboxylic acids is 2. The maximum absolute atomic E-state index is 13.4. The van der Waals surface area contributed by atoms with Crippen LogP contribution in [0.3, 0.4) is 0 Å². The van der Waals surface area contributed by atoms with Crippen molar-refractivity contribution < 1.29 is 27.5 Å². The summed E-state index contributed by atoms with van der Waals surface area (Å²) in [5.41, 5.74) is 0.286. The lowest BCUT2D eigenvalue weighted by Crippen LogP contribution is -2.46. The Hall–Kier alpha value is -3.34. The van der Waals surface area contributed by atoms with Crippen molar-refractivity contribution in [2.24, 2.45) is 0 Å². The fourth-order valence-corrected chi connectivity index (χ4v) is 6.96. The normalized spacial score (nSPS) is 19.4. The number of ether oxygens (including phenoxy) is 2. The first kappa shape index (κ1) is 31.1. The van der Waals surface area contributed by atoms with Gasteiger partial charge in [-0.2, -0.15) is 8.42 Å². The topological polar surface area (TPSA) is 127 Å². The van der Waals surface area contributed by atoms with E-state index >= 15 is 0 Å². The molecule has 3 aliphatic rings. The molecule has 0 spiro atoms. The maximum Gasteiger partial charge on any atom is 0.407 e. The second kappa shape index (κ2) is 12.3. The summed E-state index contributed by atoms with van der Waals surface area (Å²) in [4.78, 5) is 31.9. The molecule has 2 amide bonds. The molecule has 2 aromatic rings. The Kier molecular flexibility index (Phi) is 8.92. The highest BCUT2D eigenvalue weighted by Gasteiger charge is 2.54. The Morgan fingerprint density at radius 2 is 1.65 bits per heavy atom. The zero-order valence-corrected chi connectivity index (χ0v) is 26.5. The Balaban J connectivity index is 1.22. The lowest BCUT2D eigenvalue weighted by Gasteiger charge is -2.33. The molecular formula is C32H44N4O6S. The molecule has 10 nitrogen and oxygen atoms in total. The minimum Gasteiger partial charge on any atom is -0.477 e. The molecule has 1 saturated heterocycles. The summed E-state index contributed by atoms with van der Waals surface area (Å²) >= 11 is 0. The van der Waals surface area contributed by atoms with Crippen molar-refractivity contribution in [2.45, 2.75) is 114 Å². The number of pyridine rings is 1. The minimum atomic E-state index is -4.23. The molecule has 1 aliphatic heterocycles. The predicted molar refractivity (Wildman–Crippen MR) is 164 cm³/mol. The van der Waals surface area contributed by atoms with Crippen LogP contribution in [0.5, 0.6) is 5.75 Å². The van der Waals surface area contributed by atoms with Crippen molar-refractivity contribution in [3.63, 3.8) is 0 Å². The Bertz CT molecular complexity index is 1440. The molecule has 5 rings (SSSR count). The highest BCUT2D eigenvalue weighted by molar-refractivity contribution is 7.90. The molecule has 2 N–H and O–H groups in total. The second-order valence-corrected chi connectivity index (χ2v) is 14.7. The van der Waals surface area contributed by atoms with Crippen molar-refractivity contribution in [3.05, 3.63) is 47.5 Å². The number of amides is 2. The molecule has 0 radical (unpaired) electrons. The van der Waals surface area contributed by atoms with Crippen LogP contribution < -0.4 is 19.7 Å². The van der Waals surface area contributed by atoms with Gasteiger partial charge in [0, 0.05) is 32.0 Å². The van der Waals surface area contributed by atoms with Crippen molar-refractivity contribution in [1.82, 2.24) is 15.0 Å². The summed E-state index contributed by atoms with van der Waals surface area (Å²) in [6, 6.07) is 10.8. The van der Waals surface area contributed by atoms with Crippen LogP contribution in [0.15, 0.2) is 41.4 Å². The SMILES string of the molecule is Cc1cccc(C2CCCCC2)c1OC1(C(=O)NS(=O)(=O)c2cccc(N3CCC(NC(=O)OC(C)(C)C)CC3)n2)CC1. The largest absolute Gasteiger partial charge is 0.477 e. The number of aromatic nitrogens is 1. The third-order valence-electron chi connectivity index (χ3n) is 8.45. The molecule has 234 valence electrons. The van der Waals surface area contributed by atoms with Crippen LogP contribution >= 0.6 is 0 Å². The summed E-state index contributed by atoms with van der Waals surface area (Å²) in [6.45, 7) is 8.60. The molecule has 0 unspecified atom stereocenters. The Morgan fingerprint density at radius 1 is 0.977 bits per heavy atom. The van der Waals surface area contributed by atoms with Crippen molar-refractivity contribution in [3.8, 4) is 5.75 Å². The van der Waals surface area contributed by atoms with Gasteiger partial charge in [-0.1, -0.05) is 43.5 Å². The smallest absolute Gasteiger partial charge is 0.407 e. The van der Waals surface area contributed by atoms with Gasteiger partial charge in [-0.3, -0.25) is 4.79 Å². The monoisotopic (exact) mass is 612 g/mol. The zero-order chi connectivity index (χ0) is 30.8. The van der Waals surface area contributed by atoms with Gasteiger partial charge in [0.1, 0.15) is 17.2 Å². The molecule has 1 aromatic heterocycles. The molecule has 11 heteroatoms. The van der Waals surface area contributed by atoms with Gasteiger partial charge < -0.3 is 19.7 Å². The van der Waals surface area contributed by atoms with Gasteiger partial charge in [-0.15, -0.1) is 0 Å². The summed E-state index contributed by atoms with van der Waals surface area (Å²) in [5, 5.41) is 2.68. The number of nitrogens with one attached hydrogen (secondary N) is 2. The van der Waals surface area contributed by atoms with Gasteiger partial charge >= 0.3 is 6.09 Å². The average Bonchev–Trinajstić information content (AvgIpc) is 3.75. The molecule has 2 saturated carbocycles. The van der Waals surface area contributed by atoms with Crippen molar-refractivity contribution in [2.75, 3.05) is 18.0 Å². The first-order chi connectivity index (χ1) is 20.4.